The lowest BCUT2D eigenvalue weighted by atomic mass is 9.92. The van der Waals surface area contributed by atoms with Gasteiger partial charge < -0.3 is 15.2 Å². The number of carbonyl (C=O) groups excluding carboxylic acids is 1. The monoisotopic (exact) mass is 413 g/mol. The van der Waals surface area contributed by atoms with Crippen LogP contribution in [0.3, 0.4) is 0 Å². The van der Waals surface area contributed by atoms with Gasteiger partial charge in [0.25, 0.3) is 5.91 Å². The molecule has 0 aliphatic rings. The van der Waals surface area contributed by atoms with Gasteiger partial charge in [0.2, 0.25) is 0 Å². The van der Waals surface area contributed by atoms with Crippen LogP contribution in [0.5, 0.6) is 11.5 Å². The molecule has 0 saturated heterocycles. The molecular weight excluding hydrogens is 386 g/mol. The molecule has 4 aromatic rings. The maximum absolute atomic E-state index is 11.4. The van der Waals surface area contributed by atoms with Crippen molar-refractivity contribution in [3.8, 4) is 22.6 Å². The van der Waals surface area contributed by atoms with Gasteiger partial charge in [-0.1, -0.05) is 81.4 Å². The summed E-state index contributed by atoms with van der Waals surface area (Å²) in [5.41, 5.74) is 7.24. The van der Waals surface area contributed by atoms with Crippen molar-refractivity contribution >= 4 is 27.5 Å². The van der Waals surface area contributed by atoms with Crippen molar-refractivity contribution in [2.45, 2.75) is 20.8 Å². The fourth-order valence-corrected chi connectivity index (χ4v) is 3.70. The van der Waals surface area contributed by atoms with Crippen LogP contribution < -0.4 is 15.2 Å². The number of carbonyl (C=O) groups is 1. The predicted molar refractivity (Wildman–Crippen MR) is 127 cm³/mol. The lowest BCUT2D eigenvalue weighted by molar-refractivity contribution is -0.119. The third-order valence-corrected chi connectivity index (χ3v) is 5.06. The highest BCUT2D eigenvalue weighted by molar-refractivity contribution is 6.09. The summed E-state index contributed by atoms with van der Waals surface area (Å²) in [5.74, 6) is 0.879. The molecule has 31 heavy (non-hydrogen) atoms. The maximum atomic E-state index is 11.4. The summed E-state index contributed by atoms with van der Waals surface area (Å²) in [4.78, 5) is 11.4. The third-order valence-electron chi connectivity index (χ3n) is 5.06. The van der Waals surface area contributed by atoms with E-state index in [1.165, 1.54) is 0 Å². The molecule has 4 nitrogen and oxygen atoms in total. The number of rotatable bonds is 6. The zero-order valence-electron chi connectivity index (χ0n) is 18.1. The third kappa shape index (κ3) is 4.48. The zero-order chi connectivity index (χ0) is 22.0. The maximum Gasteiger partial charge on any atom is 0.255 e. The van der Waals surface area contributed by atoms with Crippen LogP contribution in [-0.2, 0) is 4.79 Å². The van der Waals surface area contributed by atoms with E-state index in [9.17, 15) is 4.79 Å². The van der Waals surface area contributed by atoms with Crippen LogP contribution in [-0.4, -0.2) is 19.1 Å². The topological polar surface area (TPSA) is 61.6 Å². The summed E-state index contributed by atoms with van der Waals surface area (Å²) in [5, 5.41) is 4.28. The van der Waals surface area contributed by atoms with Gasteiger partial charge in [-0.2, -0.15) is 0 Å². The van der Waals surface area contributed by atoms with Crippen molar-refractivity contribution in [1.29, 1.82) is 0 Å². The van der Waals surface area contributed by atoms with Gasteiger partial charge in [0.15, 0.2) is 6.61 Å². The van der Waals surface area contributed by atoms with Gasteiger partial charge in [-0.05, 0) is 39.1 Å². The van der Waals surface area contributed by atoms with Crippen molar-refractivity contribution in [1.82, 2.24) is 0 Å². The fourth-order valence-electron chi connectivity index (χ4n) is 3.70. The Morgan fingerprint density at radius 2 is 1.23 bits per heavy atom. The summed E-state index contributed by atoms with van der Waals surface area (Å²) < 4.78 is 12.2. The SMILES string of the molecule is CC(C)(C)COc1ccc2ccccc2c1-c1c(OCC(N)=O)ccc2ccccc12. The molecule has 0 saturated carbocycles. The van der Waals surface area contributed by atoms with E-state index in [1.54, 1.807) is 0 Å². The Labute approximate surface area is 182 Å². The molecular formula is C27H27NO3. The molecule has 2 N–H and O–H groups in total. The van der Waals surface area contributed by atoms with Crippen molar-refractivity contribution in [2.24, 2.45) is 11.1 Å². The molecule has 0 bridgehead atoms. The summed E-state index contributed by atoms with van der Waals surface area (Å²) in [6, 6.07) is 24.4. The second-order valence-electron chi connectivity index (χ2n) is 8.92. The van der Waals surface area contributed by atoms with Gasteiger partial charge >= 0.3 is 0 Å². The van der Waals surface area contributed by atoms with E-state index in [-0.39, 0.29) is 12.0 Å². The largest absolute Gasteiger partial charge is 0.492 e. The fraction of sp³-hybridized carbons (Fsp3) is 0.222. The smallest absolute Gasteiger partial charge is 0.255 e. The number of ether oxygens (including phenoxy) is 2. The van der Waals surface area contributed by atoms with Gasteiger partial charge in [-0.3, -0.25) is 4.79 Å². The second kappa shape index (κ2) is 8.31. The van der Waals surface area contributed by atoms with E-state index in [4.69, 9.17) is 15.2 Å². The van der Waals surface area contributed by atoms with E-state index in [2.05, 4.69) is 51.1 Å². The predicted octanol–water partition coefficient (Wildman–Crippen LogP) is 5.95. The van der Waals surface area contributed by atoms with E-state index < -0.39 is 5.91 Å². The number of primary amides is 1. The Kier molecular flexibility index (Phi) is 5.55. The van der Waals surface area contributed by atoms with E-state index in [1.807, 2.05) is 42.5 Å². The Bertz CT molecular complexity index is 1250. The average molecular weight is 414 g/mol. The van der Waals surface area contributed by atoms with Crippen LogP contribution in [0.2, 0.25) is 0 Å². The van der Waals surface area contributed by atoms with Crippen LogP contribution in [0, 0.1) is 5.41 Å². The first-order valence-corrected chi connectivity index (χ1v) is 10.4. The highest BCUT2D eigenvalue weighted by Gasteiger charge is 2.20. The molecule has 0 heterocycles. The Morgan fingerprint density at radius 3 is 1.71 bits per heavy atom. The van der Waals surface area contributed by atoms with Crippen LogP contribution in [0.15, 0.2) is 72.8 Å². The molecule has 0 aliphatic heterocycles. The minimum atomic E-state index is -0.513. The molecule has 1 amide bonds. The van der Waals surface area contributed by atoms with Crippen molar-refractivity contribution in [2.75, 3.05) is 13.2 Å². The number of hydrogen-bond acceptors (Lipinski definition) is 3. The number of amides is 1. The molecule has 4 aromatic carbocycles. The second-order valence-corrected chi connectivity index (χ2v) is 8.92. The quantitative estimate of drug-likeness (QED) is 0.425. The molecule has 4 rings (SSSR count). The van der Waals surface area contributed by atoms with Gasteiger partial charge in [-0.25, -0.2) is 0 Å². The molecule has 0 fully saturated rings. The number of nitrogens with two attached hydrogens (primary N) is 1. The molecule has 4 heteroatoms. The number of hydrogen-bond donors (Lipinski definition) is 1. The standard InChI is InChI=1S/C27H27NO3/c1-27(2,3)17-31-23-15-13-19-9-5-7-11-21(19)26(23)25-20-10-6-4-8-18(20)12-14-22(25)30-16-24(28)29/h4-15H,16-17H2,1-3H3,(H2,28,29). The number of benzene rings is 4. The number of fused-ring (bicyclic) bond motifs is 2. The summed E-state index contributed by atoms with van der Waals surface area (Å²) in [6.07, 6.45) is 0. The Hall–Kier alpha value is -3.53. The molecule has 0 aromatic heterocycles. The van der Waals surface area contributed by atoms with Crippen LogP contribution >= 0.6 is 0 Å². The molecule has 0 atom stereocenters. The van der Waals surface area contributed by atoms with Crippen LogP contribution in [0.4, 0.5) is 0 Å². The lowest BCUT2D eigenvalue weighted by Crippen LogP contribution is -2.20. The Balaban J connectivity index is 2.02. The van der Waals surface area contributed by atoms with Gasteiger partial charge in [0, 0.05) is 11.1 Å². The average Bonchev–Trinajstić information content (AvgIpc) is 2.75. The molecule has 0 aliphatic carbocycles. The summed E-state index contributed by atoms with van der Waals surface area (Å²) >= 11 is 0. The van der Waals surface area contributed by atoms with E-state index >= 15 is 0 Å². The molecule has 0 spiro atoms. The van der Waals surface area contributed by atoms with Crippen LogP contribution in [0.1, 0.15) is 20.8 Å². The highest BCUT2D eigenvalue weighted by Crippen LogP contribution is 2.45. The Morgan fingerprint density at radius 1 is 0.742 bits per heavy atom. The minimum Gasteiger partial charge on any atom is -0.492 e. The first-order chi connectivity index (χ1) is 14.8. The summed E-state index contributed by atoms with van der Waals surface area (Å²) in [7, 11) is 0. The van der Waals surface area contributed by atoms with Gasteiger partial charge in [-0.15, -0.1) is 0 Å². The van der Waals surface area contributed by atoms with Crippen molar-refractivity contribution in [3.05, 3.63) is 72.8 Å². The first-order valence-electron chi connectivity index (χ1n) is 10.4. The van der Waals surface area contributed by atoms with Crippen LogP contribution in [0.25, 0.3) is 32.7 Å². The first kappa shape index (κ1) is 20.7. The highest BCUT2D eigenvalue weighted by atomic mass is 16.5. The van der Waals surface area contributed by atoms with E-state index in [0.29, 0.717) is 12.4 Å². The molecule has 0 unspecified atom stereocenters. The van der Waals surface area contributed by atoms with Crippen molar-refractivity contribution in [3.63, 3.8) is 0 Å². The summed E-state index contributed by atoms with van der Waals surface area (Å²) in [6.45, 7) is 6.82. The van der Waals surface area contributed by atoms with E-state index in [0.717, 1.165) is 38.4 Å². The lowest BCUT2D eigenvalue weighted by Gasteiger charge is -2.23. The zero-order valence-corrected chi connectivity index (χ0v) is 18.1. The molecule has 0 radical (unpaired) electrons. The normalized spacial score (nSPS) is 11.6. The van der Waals surface area contributed by atoms with Gasteiger partial charge in [0.1, 0.15) is 11.5 Å². The minimum absolute atomic E-state index is 0.00691. The van der Waals surface area contributed by atoms with Gasteiger partial charge in [0.05, 0.1) is 6.61 Å². The molecule has 158 valence electrons. The van der Waals surface area contributed by atoms with Crippen molar-refractivity contribution < 1.29 is 14.3 Å².